The number of halogens is 1. The average Bonchev–Trinajstić information content (AvgIpc) is 2.98. The molecule has 1 fully saturated rings. The predicted molar refractivity (Wildman–Crippen MR) is 99.4 cm³/mol. The molecule has 25 heavy (non-hydrogen) atoms. The second-order valence-electron chi connectivity index (χ2n) is 6.72. The van der Waals surface area contributed by atoms with Crippen molar-refractivity contribution in [2.45, 2.75) is 31.3 Å². The second kappa shape index (κ2) is 6.65. The number of amides is 1. The molecule has 2 aliphatic rings. The lowest BCUT2D eigenvalue weighted by molar-refractivity contribution is 0.0674. The number of carbonyl (C=O) groups is 1. The van der Waals surface area contributed by atoms with Gasteiger partial charge < -0.3 is 16.0 Å². The summed E-state index contributed by atoms with van der Waals surface area (Å²) in [5.41, 5.74) is 10.5. The number of fused-ring (bicyclic) bond motifs is 1. The van der Waals surface area contributed by atoms with Crippen molar-refractivity contribution < 1.29 is 4.79 Å². The Morgan fingerprint density at radius 2 is 2.20 bits per heavy atom. The second-order valence-corrected chi connectivity index (χ2v) is 6.99. The first-order chi connectivity index (χ1) is 12.2. The van der Waals surface area contributed by atoms with Crippen LogP contribution in [0.5, 0.6) is 0 Å². The van der Waals surface area contributed by atoms with Crippen molar-refractivity contribution in [1.29, 1.82) is 0 Å². The third kappa shape index (κ3) is 3.10. The monoisotopic (exact) mass is 356 g/mol. The zero-order valence-electron chi connectivity index (χ0n) is 14.0. The number of nitrogens with two attached hydrogens (primary N) is 1. The van der Waals surface area contributed by atoms with Gasteiger partial charge in [0.1, 0.15) is 5.82 Å². The molecule has 3 N–H and O–H groups in total. The normalized spacial score (nSPS) is 20.0. The SMILES string of the molecule is Nc1cc(CCl)cc(-c2ccc3c(c2)CN(C2CCCNC2)C3=O)n1. The van der Waals surface area contributed by atoms with E-state index in [1.54, 1.807) is 6.07 Å². The molecule has 2 aliphatic heterocycles. The molecule has 1 atom stereocenters. The van der Waals surface area contributed by atoms with Crippen LogP contribution >= 0.6 is 11.6 Å². The van der Waals surface area contributed by atoms with Gasteiger partial charge in [-0.1, -0.05) is 6.07 Å². The Morgan fingerprint density at radius 3 is 2.96 bits per heavy atom. The van der Waals surface area contributed by atoms with E-state index in [-0.39, 0.29) is 11.9 Å². The van der Waals surface area contributed by atoms with Gasteiger partial charge in [-0.3, -0.25) is 4.79 Å². The molecule has 1 amide bonds. The van der Waals surface area contributed by atoms with Crippen LogP contribution in [0, 0.1) is 0 Å². The van der Waals surface area contributed by atoms with E-state index < -0.39 is 0 Å². The fourth-order valence-corrected chi connectivity index (χ4v) is 3.89. The van der Waals surface area contributed by atoms with E-state index in [1.807, 2.05) is 23.1 Å². The fourth-order valence-electron chi connectivity index (χ4n) is 3.73. The van der Waals surface area contributed by atoms with E-state index in [9.17, 15) is 4.79 Å². The highest BCUT2D eigenvalue weighted by Gasteiger charge is 2.33. The van der Waals surface area contributed by atoms with Gasteiger partial charge in [0, 0.05) is 36.1 Å². The average molecular weight is 357 g/mol. The summed E-state index contributed by atoms with van der Waals surface area (Å²) in [6.45, 7) is 2.58. The van der Waals surface area contributed by atoms with Crippen LogP contribution in [0.15, 0.2) is 30.3 Å². The van der Waals surface area contributed by atoms with Crippen molar-refractivity contribution >= 4 is 23.3 Å². The number of carbonyl (C=O) groups excluding carboxylic acids is 1. The van der Waals surface area contributed by atoms with Crippen LogP contribution < -0.4 is 11.1 Å². The van der Waals surface area contributed by atoms with Crippen LogP contribution in [0.4, 0.5) is 5.82 Å². The van der Waals surface area contributed by atoms with Gasteiger partial charge in [-0.15, -0.1) is 11.6 Å². The molecule has 4 rings (SSSR count). The highest BCUT2D eigenvalue weighted by molar-refractivity contribution is 6.17. The molecule has 1 saturated heterocycles. The van der Waals surface area contributed by atoms with E-state index >= 15 is 0 Å². The van der Waals surface area contributed by atoms with Crippen molar-refractivity contribution in [3.63, 3.8) is 0 Å². The van der Waals surface area contributed by atoms with Crippen LogP contribution in [-0.4, -0.2) is 34.9 Å². The van der Waals surface area contributed by atoms with Crippen LogP contribution in [0.3, 0.4) is 0 Å². The zero-order chi connectivity index (χ0) is 17.4. The van der Waals surface area contributed by atoms with Crippen molar-refractivity contribution in [2.24, 2.45) is 0 Å². The molecule has 6 heteroatoms. The Kier molecular flexibility index (Phi) is 4.36. The Morgan fingerprint density at radius 1 is 1.32 bits per heavy atom. The first kappa shape index (κ1) is 16.4. The molecule has 0 radical (unpaired) electrons. The van der Waals surface area contributed by atoms with Crippen molar-refractivity contribution in [2.75, 3.05) is 18.8 Å². The van der Waals surface area contributed by atoms with Gasteiger partial charge >= 0.3 is 0 Å². The third-order valence-corrected chi connectivity index (χ3v) is 5.31. The number of anilines is 1. The number of hydrogen-bond acceptors (Lipinski definition) is 4. The lowest BCUT2D eigenvalue weighted by atomic mass is 10.0. The summed E-state index contributed by atoms with van der Waals surface area (Å²) in [5, 5.41) is 3.38. The molecule has 1 unspecified atom stereocenters. The van der Waals surface area contributed by atoms with Gasteiger partial charge in [0.25, 0.3) is 5.91 Å². The number of benzene rings is 1. The summed E-state index contributed by atoms with van der Waals surface area (Å²) in [6.07, 6.45) is 2.18. The number of rotatable bonds is 3. The van der Waals surface area contributed by atoms with Crippen molar-refractivity contribution in [1.82, 2.24) is 15.2 Å². The number of piperidine rings is 1. The van der Waals surface area contributed by atoms with Crippen LogP contribution in [0.25, 0.3) is 11.3 Å². The van der Waals surface area contributed by atoms with Crippen LogP contribution in [-0.2, 0) is 12.4 Å². The minimum absolute atomic E-state index is 0.136. The topological polar surface area (TPSA) is 71.2 Å². The Hall–Kier alpha value is -2.11. The Bertz CT molecular complexity index is 817. The first-order valence-electron chi connectivity index (χ1n) is 8.63. The summed E-state index contributed by atoms with van der Waals surface area (Å²) in [7, 11) is 0. The summed E-state index contributed by atoms with van der Waals surface area (Å²) >= 11 is 5.94. The number of alkyl halides is 1. The molecule has 0 bridgehead atoms. The number of nitrogen functional groups attached to an aromatic ring is 1. The molecule has 2 aromatic rings. The first-order valence-corrected chi connectivity index (χ1v) is 9.16. The molecular weight excluding hydrogens is 336 g/mol. The van der Waals surface area contributed by atoms with Gasteiger partial charge in [0.05, 0.1) is 5.69 Å². The van der Waals surface area contributed by atoms with Crippen LogP contribution in [0.1, 0.15) is 34.3 Å². The smallest absolute Gasteiger partial charge is 0.254 e. The molecule has 1 aromatic carbocycles. The summed E-state index contributed by atoms with van der Waals surface area (Å²) in [5.74, 6) is 0.989. The van der Waals surface area contributed by atoms with Gasteiger partial charge in [-0.25, -0.2) is 4.98 Å². The number of nitrogens with zero attached hydrogens (tertiary/aromatic N) is 2. The maximum Gasteiger partial charge on any atom is 0.254 e. The third-order valence-electron chi connectivity index (χ3n) is 5.00. The molecule has 5 nitrogen and oxygen atoms in total. The fraction of sp³-hybridized carbons (Fsp3) is 0.368. The quantitative estimate of drug-likeness (QED) is 0.829. The molecule has 3 heterocycles. The summed E-state index contributed by atoms with van der Waals surface area (Å²) < 4.78 is 0. The number of pyridine rings is 1. The summed E-state index contributed by atoms with van der Waals surface area (Å²) in [4.78, 5) is 19.2. The largest absolute Gasteiger partial charge is 0.384 e. The maximum absolute atomic E-state index is 12.7. The van der Waals surface area contributed by atoms with Gasteiger partial charge in [-0.2, -0.15) is 0 Å². The minimum atomic E-state index is 0.136. The molecule has 1 aromatic heterocycles. The predicted octanol–water partition coefficient (Wildman–Crippen LogP) is 2.78. The van der Waals surface area contributed by atoms with Crippen molar-refractivity contribution in [3.8, 4) is 11.3 Å². The zero-order valence-corrected chi connectivity index (χ0v) is 14.7. The molecule has 0 saturated carbocycles. The minimum Gasteiger partial charge on any atom is -0.384 e. The number of aromatic nitrogens is 1. The number of nitrogens with one attached hydrogen (secondary N) is 1. The lowest BCUT2D eigenvalue weighted by Crippen LogP contribution is -2.46. The van der Waals surface area contributed by atoms with E-state index in [1.165, 1.54) is 0 Å². The summed E-state index contributed by atoms with van der Waals surface area (Å²) in [6, 6.07) is 9.93. The van der Waals surface area contributed by atoms with Gasteiger partial charge in [0.15, 0.2) is 0 Å². The Labute approximate surface area is 152 Å². The lowest BCUT2D eigenvalue weighted by Gasteiger charge is -2.31. The number of hydrogen-bond donors (Lipinski definition) is 2. The maximum atomic E-state index is 12.7. The van der Waals surface area contributed by atoms with Gasteiger partial charge in [-0.05, 0) is 54.8 Å². The molecule has 0 spiro atoms. The van der Waals surface area contributed by atoms with Gasteiger partial charge in [0.2, 0.25) is 0 Å². The Balaban J connectivity index is 1.64. The van der Waals surface area contributed by atoms with E-state index in [2.05, 4.69) is 16.4 Å². The van der Waals surface area contributed by atoms with Crippen molar-refractivity contribution in [3.05, 3.63) is 47.0 Å². The highest BCUT2D eigenvalue weighted by Crippen LogP contribution is 2.31. The standard InChI is InChI=1S/C19H21ClN4O/c20-9-12-6-17(23-18(21)7-12)13-3-4-16-14(8-13)11-24(19(16)25)15-2-1-5-22-10-15/h3-4,6-8,15,22H,1-2,5,9-11H2,(H2,21,23). The van der Waals surface area contributed by atoms with Crippen LogP contribution in [0.2, 0.25) is 0 Å². The molecule has 130 valence electrons. The van der Waals surface area contributed by atoms with E-state index in [0.29, 0.717) is 18.2 Å². The van der Waals surface area contributed by atoms with E-state index in [0.717, 1.165) is 53.9 Å². The highest BCUT2D eigenvalue weighted by atomic mass is 35.5. The molecule has 0 aliphatic carbocycles. The molecular formula is C19H21ClN4O. The van der Waals surface area contributed by atoms with E-state index in [4.69, 9.17) is 17.3 Å².